The Kier molecular flexibility index (Phi) is 7.07. The van der Waals surface area contributed by atoms with Gasteiger partial charge in [-0.05, 0) is 23.7 Å². The highest BCUT2D eigenvalue weighted by atomic mass is 32.2. The summed E-state index contributed by atoms with van der Waals surface area (Å²) in [5.41, 5.74) is 1.17. The van der Waals surface area contributed by atoms with Crippen LogP contribution in [-0.4, -0.2) is 13.6 Å². The van der Waals surface area contributed by atoms with Crippen LogP contribution in [0.3, 0.4) is 0 Å². The standard InChI is InChI=1S/C18H30O2SSi/c1-15(2)21-17(20-22(6,7)18(3,4)5)14-19-13-16-11-9-8-10-12-16/h8-12,14-15H,13H2,1-7H3/b17-14-. The fraction of sp³-hybridized carbons (Fsp3) is 0.556. The smallest absolute Gasteiger partial charge is 0.251 e. The summed E-state index contributed by atoms with van der Waals surface area (Å²) in [6.07, 6.45) is 1.79. The van der Waals surface area contributed by atoms with Gasteiger partial charge >= 0.3 is 0 Å². The van der Waals surface area contributed by atoms with E-state index >= 15 is 0 Å². The van der Waals surface area contributed by atoms with E-state index in [1.807, 2.05) is 18.2 Å². The average Bonchev–Trinajstić information content (AvgIpc) is 2.37. The van der Waals surface area contributed by atoms with Crippen molar-refractivity contribution in [3.63, 3.8) is 0 Å². The van der Waals surface area contributed by atoms with Gasteiger partial charge in [-0.25, -0.2) is 0 Å². The molecule has 1 aromatic carbocycles. The molecular weight excluding hydrogens is 308 g/mol. The van der Waals surface area contributed by atoms with Crippen LogP contribution in [0.25, 0.3) is 0 Å². The molecule has 22 heavy (non-hydrogen) atoms. The Morgan fingerprint density at radius 2 is 1.77 bits per heavy atom. The molecule has 124 valence electrons. The summed E-state index contributed by atoms with van der Waals surface area (Å²) in [5.74, 6) is 0. The molecule has 0 saturated heterocycles. The highest BCUT2D eigenvalue weighted by Gasteiger charge is 2.39. The lowest BCUT2D eigenvalue weighted by Crippen LogP contribution is -2.40. The Morgan fingerprint density at radius 3 is 2.27 bits per heavy atom. The van der Waals surface area contributed by atoms with E-state index < -0.39 is 8.32 Å². The molecule has 1 rings (SSSR count). The van der Waals surface area contributed by atoms with Crippen molar-refractivity contribution in [1.29, 1.82) is 0 Å². The number of thioether (sulfide) groups is 1. The van der Waals surface area contributed by atoms with E-state index in [9.17, 15) is 0 Å². The van der Waals surface area contributed by atoms with E-state index in [0.717, 1.165) is 5.09 Å². The topological polar surface area (TPSA) is 18.5 Å². The summed E-state index contributed by atoms with van der Waals surface area (Å²) in [7, 11) is -1.83. The number of rotatable bonds is 7. The first-order valence-electron chi connectivity index (χ1n) is 7.83. The van der Waals surface area contributed by atoms with Gasteiger partial charge < -0.3 is 9.16 Å². The lowest BCUT2D eigenvalue weighted by atomic mass is 10.2. The Labute approximate surface area is 141 Å². The molecule has 4 heteroatoms. The maximum absolute atomic E-state index is 6.39. The Morgan fingerprint density at radius 1 is 1.18 bits per heavy atom. The second-order valence-corrected chi connectivity index (χ2v) is 13.6. The zero-order valence-electron chi connectivity index (χ0n) is 15.0. The molecule has 0 radical (unpaired) electrons. The molecule has 0 N–H and O–H groups in total. The van der Waals surface area contributed by atoms with E-state index in [2.05, 4.69) is 59.8 Å². The molecule has 0 spiro atoms. The van der Waals surface area contributed by atoms with Crippen LogP contribution in [0, 0.1) is 0 Å². The third-order valence-electron chi connectivity index (χ3n) is 3.79. The van der Waals surface area contributed by atoms with Gasteiger partial charge in [0.1, 0.15) is 12.9 Å². The van der Waals surface area contributed by atoms with Crippen molar-refractivity contribution in [2.24, 2.45) is 0 Å². The molecular formula is C18H30O2SSi. The molecule has 0 aliphatic rings. The van der Waals surface area contributed by atoms with Crippen molar-refractivity contribution in [3.05, 3.63) is 47.2 Å². The van der Waals surface area contributed by atoms with Crippen molar-refractivity contribution in [3.8, 4) is 0 Å². The molecule has 0 aliphatic heterocycles. The summed E-state index contributed by atoms with van der Waals surface area (Å²) < 4.78 is 12.1. The monoisotopic (exact) mass is 338 g/mol. The second kappa shape index (κ2) is 8.11. The van der Waals surface area contributed by atoms with Crippen molar-refractivity contribution < 1.29 is 9.16 Å². The largest absolute Gasteiger partial charge is 0.537 e. The SMILES string of the molecule is CC(C)S/C(=C\OCc1ccccc1)O[Si](C)(C)C(C)(C)C. The van der Waals surface area contributed by atoms with Crippen LogP contribution in [0.4, 0.5) is 0 Å². The van der Waals surface area contributed by atoms with Crippen LogP contribution in [0.5, 0.6) is 0 Å². The van der Waals surface area contributed by atoms with Crippen LogP contribution < -0.4 is 0 Å². The maximum atomic E-state index is 6.39. The van der Waals surface area contributed by atoms with Crippen molar-refractivity contribution in [2.75, 3.05) is 0 Å². The predicted molar refractivity (Wildman–Crippen MR) is 100 cm³/mol. The number of hydrogen-bond acceptors (Lipinski definition) is 3. The fourth-order valence-electron chi connectivity index (χ4n) is 1.49. The van der Waals surface area contributed by atoms with E-state index in [1.165, 1.54) is 5.56 Å². The lowest BCUT2D eigenvalue weighted by Gasteiger charge is -2.37. The fourth-order valence-corrected chi connectivity index (χ4v) is 3.76. The van der Waals surface area contributed by atoms with Gasteiger partial charge in [0.25, 0.3) is 8.32 Å². The first kappa shape index (κ1) is 19.2. The summed E-state index contributed by atoms with van der Waals surface area (Å²) in [4.78, 5) is 0. The van der Waals surface area contributed by atoms with Gasteiger partial charge in [-0.15, -0.1) is 0 Å². The summed E-state index contributed by atoms with van der Waals surface area (Å²) >= 11 is 1.73. The third kappa shape index (κ3) is 6.49. The summed E-state index contributed by atoms with van der Waals surface area (Å²) in [5, 5.41) is 1.55. The minimum Gasteiger partial charge on any atom is -0.537 e. The van der Waals surface area contributed by atoms with Gasteiger partial charge in [0, 0.05) is 5.25 Å². The Bertz CT molecular complexity index is 476. The Hall–Kier alpha value is -0.873. The van der Waals surface area contributed by atoms with E-state index in [4.69, 9.17) is 9.16 Å². The normalized spacial score (nSPS) is 13.4. The van der Waals surface area contributed by atoms with Crippen molar-refractivity contribution >= 4 is 20.1 Å². The molecule has 0 fully saturated rings. The molecule has 0 aliphatic carbocycles. The Balaban J connectivity index is 2.73. The number of hydrogen-bond donors (Lipinski definition) is 0. The average molecular weight is 339 g/mol. The zero-order valence-corrected chi connectivity index (χ0v) is 16.8. The summed E-state index contributed by atoms with van der Waals surface area (Å²) in [6, 6.07) is 10.2. The highest BCUT2D eigenvalue weighted by Crippen LogP contribution is 2.40. The first-order chi connectivity index (χ1) is 10.1. The molecule has 0 amide bonds. The number of ether oxygens (including phenoxy) is 1. The number of benzene rings is 1. The van der Waals surface area contributed by atoms with Crippen LogP contribution in [-0.2, 0) is 15.8 Å². The highest BCUT2D eigenvalue weighted by molar-refractivity contribution is 8.03. The van der Waals surface area contributed by atoms with Crippen LogP contribution in [0.1, 0.15) is 40.2 Å². The van der Waals surface area contributed by atoms with Crippen LogP contribution in [0.15, 0.2) is 41.7 Å². The molecule has 0 atom stereocenters. The first-order valence-corrected chi connectivity index (χ1v) is 11.6. The van der Waals surface area contributed by atoms with E-state index in [1.54, 1.807) is 18.0 Å². The maximum Gasteiger partial charge on any atom is 0.251 e. The minimum atomic E-state index is -1.83. The quantitative estimate of drug-likeness (QED) is 0.438. The van der Waals surface area contributed by atoms with Crippen LogP contribution >= 0.6 is 11.8 Å². The van der Waals surface area contributed by atoms with Gasteiger partial charge in [0.15, 0.2) is 5.09 Å². The molecule has 0 aromatic heterocycles. The molecule has 1 aromatic rings. The van der Waals surface area contributed by atoms with Crippen molar-refractivity contribution in [1.82, 2.24) is 0 Å². The molecule has 2 nitrogen and oxygen atoms in total. The third-order valence-corrected chi connectivity index (χ3v) is 9.16. The van der Waals surface area contributed by atoms with Gasteiger partial charge in [-0.3, -0.25) is 0 Å². The van der Waals surface area contributed by atoms with Gasteiger partial charge in [-0.1, -0.05) is 76.7 Å². The molecule has 0 heterocycles. The molecule has 0 unspecified atom stereocenters. The zero-order chi connectivity index (χ0) is 16.8. The molecule has 0 saturated carbocycles. The second-order valence-electron chi connectivity index (χ2n) is 7.26. The summed E-state index contributed by atoms with van der Waals surface area (Å²) in [6.45, 7) is 16.2. The van der Waals surface area contributed by atoms with E-state index in [0.29, 0.717) is 11.9 Å². The minimum absolute atomic E-state index is 0.184. The van der Waals surface area contributed by atoms with Crippen molar-refractivity contribution in [2.45, 2.75) is 64.6 Å². The van der Waals surface area contributed by atoms with Gasteiger partial charge in [0.2, 0.25) is 0 Å². The van der Waals surface area contributed by atoms with E-state index in [-0.39, 0.29) is 5.04 Å². The van der Waals surface area contributed by atoms with Crippen LogP contribution in [0.2, 0.25) is 18.1 Å². The lowest BCUT2D eigenvalue weighted by molar-refractivity contribution is 0.223. The molecule has 0 bridgehead atoms. The van der Waals surface area contributed by atoms with Gasteiger partial charge in [0.05, 0.1) is 0 Å². The predicted octanol–water partition coefficient (Wildman–Crippen LogP) is 6.17. The van der Waals surface area contributed by atoms with Gasteiger partial charge in [-0.2, -0.15) is 0 Å².